The fourth-order valence-electron chi connectivity index (χ4n) is 4.48. The maximum absolute atomic E-state index is 12.8. The number of ether oxygens (including phenoxy) is 1. The number of H-pyrrole nitrogens is 1. The third-order valence-electron chi connectivity index (χ3n) is 6.39. The monoisotopic (exact) mass is 431 g/mol. The molecule has 0 bridgehead atoms. The van der Waals surface area contributed by atoms with Gasteiger partial charge in [-0.1, -0.05) is 37.3 Å². The molecule has 5 nitrogen and oxygen atoms in total. The van der Waals surface area contributed by atoms with Crippen molar-refractivity contribution in [1.29, 1.82) is 0 Å². The Bertz CT molecular complexity index is 1110. The van der Waals surface area contributed by atoms with E-state index in [1.165, 1.54) is 5.69 Å². The van der Waals surface area contributed by atoms with Crippen LogP contribution in [0.25, 0.3) is 11.3 Å². The van der Waals surface area contributed by atoms with Crippen LogP contribution in [-0.2, 0) is 4.74 Å². The van der Waals surface area contributed by atoms with Crippen LogP contribution >= 0.6 is 0 Å². The standard InChI is InChI=1S/C27H33N3O2/c1-4-23(26-22-9-7-6-8-10-24(22)29-27(26)31)28-25-17-21(12-11-19(25)3)30-15-13-20(14-16-30)18-32-5-2/h6-12,17,20H,4-5,13-16,18H2,1-3H3,(H,29,31). The lowest BCUT2D eigenvalue weighted by Gasteiger charge is -2.33. The highest BCUT2D eigenvalue weighted by Crippen LogP contribution is 2.31. The molecule has 0 amide bonds. The van der Waals surface area contributed by atoms with Crippen LogP contribution in [0.5, 0.6) is 0 Å². The van der Waals surface area contributed by atoms with Gasteiger partial charge in [0.25, 0.3) is 5.56 Å². The molecule has 4 rings (SSSR count). The van der Waals surface area contributed by atoms with E-state index in [0.29, 0.717) is 17.9 Å². The first-order valence-corrected chi connectivity index (χ1v) is 11.7. The molecule has 0 radical (unpaired) electrons. The number of anilines is 1. The van der Waals surface area contributed by atoms with Crippen molar-refractivity contribution >= 4 is 17.1 Å². The molecular formula is C27H33N3O2. The first-order chi connectivity index (χ1) is 15.6. The fourth-order valence-corrected chi connectivity index (χ4v) is 4.48. The highest BCUT2D eigenvalue weighted by atomic mass is 16.5. The van der Waals surface area contributed by atoms with Crippen LogP contribution in [0.2, 0.25) is 0 Å². The molecule has 1 aromatic rings. The van der Waals surface area contributed by atoms with Gasteiger partial charge in [0.1, 0.15) is 0 Å². The van der Waals surface area contributed by atoms with E-state index in [4.69, 9.17) is 9.73 Å². The van der Waals surface area contributed by atoms with Crippen LogP contribution < -0.4 is 10.5 Å². The van der Waals surface area contributed by atoms with Crippen molar-refractivity contribution in [3.8, 4) is 11.3 Å². The van der Waals surface area contributed by atoms with Crippen LogP contribution in [-0.4, -0.2) is 37.0 Å². The lowest BCUT2D eigenvalue weighted by atomic mass is 9.97. The average molecular weight is 432 g/mol. The Morgan fingerprint density at radius 1 is 1.12 bits per heavy atom. The molecule has 2 heterocycles. The minimum absolute atomic E-state index is 0.0722. The molecule has 0 unspecified atom stereocenters. The molecule has 0 atom stereocenters. The number of benzene rings is 1. The molecule has 168 valence electrons. The number of fused-ring (bicyclic) bond motifs is 1. The lowest BCUT2D eigenvalue weighted by Crippen LogP contribution is -2.35. The summed E-state index contributed by atoms with van der Waals surface area (Å²) >= 11 is 0. The number of rotatable bonds is 7. The van der Waals surface area contributed by atoms with E-state index in [-0.39, 0.29) is 5.56 Å². The first-order valence-electron chi connectivity index (χ1n) is 11.7. The van der Waals surface area contributed by atoms with Gasteiger partial charge in [0.15, 0.2) is 0 Å². The lowest BCUT2D eigenvalue weighted by molar-refractivity contribution is 0.100. The Hall–Kier alpha value is -2.92. The van der Waals surface area contributed by atoms with E-state index < -0.39 is 0 Å². The van der Waals surface area contributed by atoms with Gasteiger partial charge in [0.05, 0.1) is 17.0 Å². The quantitative estimate of drug-likeness (QED) is 0.498. The predicted octanol–water partition coefficient (Wildman–Crippen LogP) is 5.57. The van der Waals surface area contributed by atoms with Crippen LogP contribution in [0.3, 0.4) is 0 Å². The van der Waals surface area contributed by atoms with Gasteiger partial charge in [0.2, 0.25) is 0 Å². The van der Waals surface area contributed by atoms with Crippen LogP contribution in [0.1, 0.15) is 44.2 Å². The maximum Gasteiger partial charge on any atom is 0.258 e. The van der Waals surface area contributed by atoms with E-state index in [1.54, 1.807) is 0 Å². The van der Waals surface area contributed by atoms with E-state index in [0.717, 1.165) is 67.4 Å². The maximum atomic E-state index is 12.8. The number of aromatic amines is 1. The van der Waals surface area contributed by atoms with Crippen molar-refractivity contribution in [3.05, 3.63) is 70.0 Å². The molecule has 2 aliphatic heterocycles. The number of hydrogen-bond donors (Lipinski definition) is 1. The second-order valence-corrected chi connectivity index (χ2v) is 8.54. The minimum atomic E-state index is -0.0722. The van der Waals surface area contributed by atoms with Gasteiger partial charge in [0, 0.05) is 43.2 Å². The molecular weight excluding hydrogens is 398 g/mol. The highest BCUT2D eigenvalue weighted by molar-refractivity contribution is 6.07. The number of nitrogens with zero attached hydrogens (tertiary/aromatic N) is 2. The number of aryl methyl sites for hydroxylation is 1. The summed E-state index contributed by atoms with van der Waals surface area (Å²) in [5, 5.41) is 0. The third-order valence-corrected chi connectivity index (χ3v) is 6.39. The Labute approximate surface area is 190 Å². The molecule has 0 spiro atoms. The van der Waals surface area contributed by atoms with Crippen molar-refractivity contribution in [2.75, 3.05) is 31.2 Å². The Morgan fingerprint density at radius 3 is 2.66 bits per heavy atom. The molecule has 0 aromatic heterocycles. The van der Waals surface area contributed by atoms with Crippen LogP contribution in [0, 0.1) is 12.8 Å². The summed E-state index contributed by atoms with van der Waals surface area (Å²) in [5.41, 5.74) is 6.45. The molecule has 0 saturated carbocycles. The smallest absolute Gasteiger partial charge is 0.258 e. The second kappa shape index (κ2) is 10.1. The van der Waals surface area contributed by atoms with Crippen LogP contribution in [0.4, 0.5) is 11.4 Å². The SMILES string of the molecule is CCOCC1CCN(c2ccc(C)c(N=C(CC)c3c4cccccc-4[nH]c3=O)c2)CC1. The summed E-state index contributed by atoms with van der Waals surface area (Å²) < 4.78 is 5.62. The zero-order valence-corrected chi connectivity index (χ0v) is 19.4. The molecule has 5 heteroatoms. The topological polar surface area (TPSA) is 57.7 Å². The Morgan fingerprint density at radius 2 is 1.91 bits per heavy atom. The molecule has 1 fully saturated rings. The van der Waals surface area contributed by atoms with Gasteiger partial charge in [-0.3, -0.25) is 9.79 Å². The molecule has 1 aromatic carbocycles. The summed E-state index contributed by atoms with van der Waals surface area (Å²) in [7, 11) is 0. The molecule has 1 saturated heterocycles. The summed E-state index contributed by atoms with van der Waals surface area (Å²) in [5.74, 6) is 0.652. The number of aromatic nitrogens is 1. The fraction of sp³-hybridized carbons (Fsp3) is 0.407. The summed E-state index contributed by atoms with van der Waals surface area (Å²) in [6.45, 7) is 9.93. The van der Waals surface area contributed by atoms with Gasteiger partial charge >= 0.3 is 0 Å². The van der Waals surface area contributed by atoms with Gasteiger partial charge in [-0.2, -0.15) is 0 Å². The zero-order valence-electron chi connectivity index (χ0n) is 19.4. The van der Waals surface area contributed by atoms with E-state index in [1.807, 2.05) is 30.3 Å². The van der Waals surface area contributed by atoms with Crippen molar-refractivity contribution in [2.45, 2.75) is 40.0 Å². The average Bonchev–Trinajstić information content (AvgIpc) is 2.96. The van der Waals surface area contributed by atoms with Gasteiger partial charge < -0.3 is 14.6 Å². The number of piperidine rings is 1. The second-order valence-electron chi connectivity index (χ2n) is 8.54. The summed E-state index contributed by atoms with van der Waals surface area (Å²) in [4.78, 5) is 23.2. The normalized spacial score (nSPS) is 15.5. The Balaban J connectivity index is 1.62. The third kappa shape index (κ3) is 4.78. The van der Waals surface area contributed by atoms with Gasteiger partial charge in [-0.05, 0) is 62.8 Å². The first kappa shape index (κ1) is 22.3. The van der Waals surface area contributed by atoms with E-state index in [2.05, 4.69) is 48.9 Å². The largest absolute Gasteiger partial charge is 0.381 e. The van der Waals surface area contributed by atoms with Gasteiger partial charge in [-0.15, -0.1) is 0 Å². The van der Waals surface area contributed by atoms with Crippen molar-refractivity contribution in [2.24, 2.45) is 10.9 Å². The Kier molecular flexibility index (Phi) is 7.05. The number of hydrogen-bond acceptors (Lipinski definition) is 4. The van der Waals surface area contributed by atoms with Crippen molar-refractivity contribution in [3.63, 3.8) is 0 Å². The zero-order chi connectivity index (χ0) is 22.5. The van der Waals surface area contributed by atoms with Gasteiger partial charge in [-0.25, -0.2) is 0 Å². The van der Waals surface area contributed by atoms with Crippen molar-refractivity contribution < 1.29 is 4.74 Å². The summed E-state index contributed by atoms with van der Waals surface area (Å²) in [6.07, 6.45) is 2.99. The van der Waals surface area contributed by atoms with Crippen molar-refractivity contribution in [1.82, 2.24) is 4.98 Å². The van der Waals surface area contributed by atoms with Crippen LogP contribution in [0.15, 0.2) is 58.3 Å². The van der Waals surface area contributed by atoms with E-state index >= 15 is 0 Å². The minimum Gasteiger partial charge on any atom is -0.381 e. The molecule has 1 N–H and O–H groups in total. The number of nitrogens with one attached hydrogen (secondary N) is 1. The predicted molar refractivity (Wildman–Crippen MR) is 133 cm³/mol. The number of aliphatic imine (C=N–C) groups is 1. The molecule has 3 aliphatic rings. The van der Waals surface area contributed by atoms with E-state index in [9.17, 15) is 4.79 Å². The highest BCUT2D eigenvalue weighted by Gasteiger charge is 2.21. The molecule has 1 aliphatic carbocycles. The summed E-state index contributed by atoms with van der Waals surface area (Å²) in [6, 6.07) is 16.3. The molecule has 32 heavy (non-hydrogen) atoms.